The molecular weight excluding hydrogens is 329 g/mol. The van der Waals surface area contributed by atoms with Gasteiger partial charge in [-0.1, -0.05) is 48.5 Å². The molecule has 3 rings (SSSR count). The molecule has 0 N–H and O–H groups in total. The van der Waals surface area contributed by atoms with Crippen molar-refractivity contribution in [2.75, 3.05) is 0 Å². The number of Topliss-reactive ketones (excluding diaryl/α,β-unsaturated/α-hetero) is 1. The quantitative estimate of drug-likeness (QED) is 0.443. The molecule has 26 heavy (non-hydrogen) atoms. The van der Waals surface area contributed by atoms with Crippen LogP contribution in [0.1, 0.15) is 21.5 Å². The predicted octanol–water partition coefficient (Wildman–Crippen LogP) is 5.38. The van der Waals surface area contributed by atoms with Crippen LogP contribution in [0.3, 0.4) is 0 Å². The van der Waals surface area contributed by atoms with Crippen molar-refractivity contribution in [2.24, 2.45) is 0 Å². The molecule has 0 spiro atoms. The molecular formula is C22H16FNO2. The molecule has 0 fully saturated rings. The van der Waals surface area contributed by atoms with Gasteiger partial charge in [-0.3, -0.25) is 4.79 Å². The third-order valence-corrected chi connectivity index (χ3v) is 3.90. The van der Waals surface area contributed by atoms with E-state index >= 15 is 0 Å². The largest absolute Gasteiger partial charge is 0.489 e. The maximum atomic E-state index is 12.9. The zero-order valence-corrected chi connectivity index (χ0v) is 14.0. The second-order valence-electron chi connectivity index (χ2n) is 5.82. The lowest BCUT2D eigenvalue weighted by molar-refractivity contribution is 0.0992. The van der Waals surface area contributed by atoms with Crippen LogP contribution in [0.15, 0.2) is 72.8 Å². The SMILES string of the molecule is [C-]#[N+]c1ccc(CC(=O)c2cccc(OCc3ccc(F)cc3)c2)cc1. The van der Waals surface area contributed by atoms with Crippen molar-refractivity contribution in [1.82, 2.24) is 0 Å². The second kappa shape index (κ2) is 8.09. The predicted molar refractivity (Wildman–Crippen MR) is 97.9 cm³/mol. The van der Waals surface area contributed by atoms with E-state index in [4.69, 9.17) is 11.3 Å². The highest BCUT2D eigenvalue weighted by molar-refractivity contribution is 5.97. The number of ketones is 1. The molecule has 0 bridgehead atoms. The average Bonchev–Trinajstić information content (AvgIpc) is 2.68. The molecule has 128 valence electrons. The van der Waals surface area contributed by atoms with E-state index in [1.54, 1.807) is 60.7 Å². The van der Waals surface area contributed by atoms with Crippen molar-refractivity contribution in [2.45, 2.75) is 13.0 Å². The summed E-state index contributed by atoms with van der Waals surface area (Å²) in [5.41, 5.74) is 2.83. The van der Waals surface area contributed by atoms with Gasteiger partial charge in [0.1, 0.15) is 18.2 Å². The van der Waals surface area contributed by atoms with Crippen LogP contribution in [-0.2, 0) is 13.0 Å². The van der Waals surface area contributed by atoms with Crippen LogP contribution >= 0.6 is 0 Å². The van der Waals surface area contributed by atoms with E-state index < -0.39 is 0 Å². The maximum Gasteiger partial charge on any atom is 0.187 e. The molecule has 0 aromatic heterocycles. The number of hydrogen-bond acceptors (Lipinski definition) is 2. The Morgan fingerprint density at radius 3 is 2.35 bits per heavy atom. The van der Waals surface area contributed by atoms with Crippen molar-refractivity contribution < 1.29 is 13.9 Å². The number of carbonyl (C=O) groups excluding carboxylic acids is 1. The summed E-state index contributed by atoms with van der Waals surface area (Å²) in [6.07, 6.45) is 0.264. The number of carbonyl (C=O) groups is 1. The molecule has 0 atom stereocenters. The number of hydrogen-bond donors (Lipinski definition) is 0. The first-order valence-corrected chi connectivity index (χ1v) is 8.11. The zero-order chi connectivity index (χ0) is 18.4. The third-order valence-electron chi connectivity index (χ3n) is 3.90. The minimum Gasteiger partial charge on any atom is -0.489 e. The van der Waals surface area contributed by atoms with Crippen LogP contribution in [0.5, 0.6) is 5.75 Å². The molecule has 3 aromatic carbocycles. The van der Waals surface area contributed by atoms with Crippen LogP contribution in [0.25, 0.3) is 4.85 Å². The van der Waals surface area contributed by atoms with Crippen LogP contribution in [0, 0.1) is 12.4 Å². The highest BCUT2D eigenvalue weighted by atomic mass is 19.1. The molecule has 0 aliphatic rings. The van der Waals surface area contributed by atoms with Gasteiger partial charge in [0, 0.05) is 12.0 Å². The normalized spacial score (nSPS) is 10.2. The average molecular weight is 345 g/mol. The Kier molecular flexibility index (Phi) is 5.40. The van der Waals surface area contributed by atoms with Gasteiger partial charge in [0.25, 0.3) is 0 Å². The molecule has 0 saturated carbocycles. The van der Waals surface area contributed by atoms with Crippen molar-refractivity contribution in [1.29, 1.82) is 0 Å². The number of rotatable bonds is 6. The van der Waals surface area contributed by atoms with Gasteiger partial charge in [0.05, 0.1) is 6.57 Å². The molecule has 0 heterocycles. The molecule has 3 nitrogen and oxygen atoms in total. The highest BCUT2D eigenvalue weighted by Crippen LogP contribution is 2.18. The Morgan fingerprint density at radius 1 is 0.962 bits per heavy atom. The standard InChI is InChI=1S/C22H16FNO2/c1-24-20-11-7-16(8-12-20)13-22(25)18-3-2-4-21(14-18)26-15-17-5-9-19(23)10-6-17/h2-12,14H,13,15H2. The summed E-state index contributed by atoms with van der Waals surface area (Å²) in [6, 6.07) is 20.1. The van der Waals surface area contributed by atoms with E-state index in [1.165, 1.54) is 12.1 Å². The lowest BCUT2D eigenvalue weighted by Gasteiger charge is -2.08. The zero-order valence-electron chi connectivity index (χ0n) is 14.0. The van der Waals surface area contributed by atoms with Gasteiger partial charge in [0.15, 0.2) is 11.5 Å². The fourth-order valence-corrected chi connectivity index (χ4v) is 2.48. The fraction of sp³-hybridized carbons (Fsp3) is 0.0909. The molecule has 0 radical (unpaired) electrons. The van der Waals surface area contributed by atoms with Crippen LogP contribution in [0.4, 0.5) is 10.1 Å². The Bertz CT molecular complexity index is 941. The maximum absolute atomic E-state index is 12.9. The first-order chi connectivity index (χ1) is 12.6. The van der Waals surface area contributed by atoms with Gasteiger partial charge in [-0.05, 0) is 35.4 Å². The number of halogens is 1. The summed E-state index contributed by atoms with van der Waals surface area (Å²) < 4.78 is 18.6. The first kappa shape index (κ1) is 17.4. The fourth-order valence-electron chi connectivity index (χ4n) is 2.48. The summed E-state index contributed by atoms with van der Waals surface area (Å²) in [6.45, 7) is 7.25. The molecule has 0 aliphatic carbocycles. The van der Waals surface area contributed by atoms with Crippen LogP contribution in [0.2, 0.25) is 0 Å². The second-order valence-corrected chi connectivity index (χ2v) is 5.82. The minimum absolute atomic E-state index is 0.0206. The summed E-state index contributed by atoms with van der Waals surface area (Å²) in [7, 11) is 0. The van der Waals surface area contributed by atoms with Crippen molar-refractivity contribution in [3.05, 3.63) is 107 Å². The summed E-state index contributed by atoms with van der Waals surface area (Å²) >= 11 is 0. The smallest absolute Gasteiger partial charge is 0.187 e. The molecule has 0 unspecified atom stereocenters. The summed E-state index contributed by atoms with van der Waals surface area (Å²) in [4.78, 5) is 15.8. The van der Waals surface area contributed by atoms with Gasteiger partial charge in [-0.15, -0.1) is 0 Å². The Labute approximate surface area is 151 Å². The Balaban J connectivity index is 1.64. The van der Waals surface area contributed by atoms with E-state index in [2.05, 4.69) is 4.85 Å². The van der Waals surface area contributed by atoms with E-state index in [9.17, 15) is 9.18 Å². The number of benzene rings is 3. The van der Waals surface area contributed by atoms with E-state index in [0.717, 1.165) is 11.1 Å². The Morgan fingerprint density at radius 2 is 1.65 bits per heavy atom. The third kappa shape index (κ3) is 4.55. The monoisotopic (exact) mass is 345 g/mol. The van der Waals surface area contributed by atoms with E-state index in [1.807, 2.05) is 0 Å². The van der Waals surface area contributed by atoms with Crippen LogP contribution < -0.4 is 4.74 Å². The number of nitrogens with zero attached hydrogens (tertiary/aromatic N) is 1. The van der Waals surface area contributed by atoms with E-state index in [0.29, 0.717) is 23.6 Å². The number of ether oxygens (including phenoxy) is 1. The van der Waals surface area contributed by atoms with Crippen LogP contribution in [-0.4, -0.2) is 5.78 Å². The first-order valence-electron chi connectivity index (χ1n) is 8.11. The Hall–Kier alpha value is -3.45. The van der Waals surface area contributed by atoms with Crippen molar-refractivity contribution in [3.63, 3.8) is 0 Å². The highest BCUT2D eigenvalue weighted by Gasteiger charge is 2.09. The lowest BCUT2D eigenvalue weighted by Crippen LogP contribution is -2.04. The topological polar surface area (TPSA) is 30.7 Å². The summed E-state index contributed by atoms with van der Waals surface area (Å²) in [5.74, 6) is 0.280. The molecule has 3 aromatic rings. The van der Waals surface area contributed by atoms with Crippen molar-refractivity contribution in [3.8, 4) is 5.75 Å². The molecule has 0 saturated heterocycles. The van der Waals surface area contributed by atoms with Gasteiger partial charge >= 0.3 is 0 Å². The molecule has 0 aliphatic heterocycles. The van der Waals surface area contributed by atoms with Gasteiger partial charge in [-0.25, -0.2) is 9.24 Å². The molecule has 0 amide bonds. The van der Waals surface area contributed by atoms with Crippen molar-refractivity contribution >= 4 is 11.5 Å². The lowest BCUT2D eigenvalue weighted by atomic mass is 10.0. The summed E-state index contributed by atoms with van der Waals surface area (Å²) in [5, 5.41) is 0. The van der Waals surface area contributed by atoms with Gasteiger partial charge in [-0.2, -0.15) is 0 Å². The van der Waals surface area contributed by atoms with E-state index in [-0.39, 0.29) is 18.0 Å². The molecule has 4 heteroatoms. The minimum atomic E-state index is -0.286. The van der Waals surface area contributed by atoms with Gasteiger partial charge in [0.2, 0.25) is 0 Å². The van der Waals surface area contributed by atoms with Gasteiger partial charge < -0.3 is 4.74 Å².